The maximum atomic E-state index is 11.8. The van der Waals surface area contributed by atoms with Gasteiger partial charge in [-0.2, -0.15) is 0 Å². The van der Waals surface area contributed by atoms with Crippen LogP contribution in [0.2, 0.25) is 0 Å². The summed E-state index contributed by atoms with van der Waals surface area (Å²) < 4.78 is 4.97. The number of ether oxygens (including phenoxy) is 1. The Morgan fingerprint density at radius 1 is 1.35 bits per heavy atom. The van der Waals surface area contributed by atoms with Crippen LogP contribution in [-0.2, 0) is 9.53 Å². The van der Waals surface area contributed by atoms with Crippen molar-refractivity contribution >= 4 is 5.91 Å². The summed E-state index contributed by atoms with van der Waals surface area (Å²) in [5.41, 5.74) is 0. The second-order valence-corrected chi connectivity index (χ2v) is 6.01. The van der Waals surface area contributed by atoms with Gasteiger partial charge in [0.2, 0.25) is 5.91 Å². The van der Waals surface area contributed by atoms with Gasteiger partial charge in [0.25, 0.3) is 0 Å². The molecule has 2 fully saturated rings. The van der Waals surface area contributed by atoms with Crippen molar-refractivity contribution in [2.24, 2.45) is 5.92 Å². The van der Waals surface area contributed by atoms with Gasteiger partial charge in [-0.1, -0.05) is 0 Å². The minimum Gasteiger partial charge on any atom is -0.385 e. The SMILES string of the molecule is COCCCNC(=O)CN1CCC(C2CCCN2)CC1. The maximum absolute atomic E-state index is 11.8. The number of nitrogens with zero attached hydrogens (tertiary/aromatic N) is 1. The monoisotopic (exact) mass is 283 g/mol. The first-order valence-electron chi connectivity index (χ1n) is 8.01. The van der Waals surface area contributed by atoms with E-state index in [0.29, 0.717) is 13.2 Å². The molecular formula is C15H29N3O2. The van der Waals surface area contributed by atoms with Crippen molar-refractivity contribution in [1.29, 1.82) is 0 Å². The van der Waals surface area contributed by atoms with Crippen LogP contribution in [-0.4, -0.2) is 63.3 Å². The molecule has 2 heterocycles. The highest BCUT2D eigenvalue weighted by molar-refractivity contribution is 5.77. The summed E-state index contributed by atoms with van der Waals surface area (Å²) >= 11 is 0. The molecule has 2 aliphatic rings. The molecule has 0 aliphatic carbocycles. The molecule has 1 unspecified atom stereocenters. The fraction of sp³-hybridized carbons (Fsp3) is 0.933. The molecule has 5 heteroatoms. The second kappa shape index (κ2) is 8.60. The fourth-order valence-electron chi connectivity index (χ4n) is 3.33. The lowest BCUT2D eigenvalue weighted by Gasteiger charge is -2.34. The first-order valence-corrected chi connectivity index (χ1v) is 8.01. The van der Waals surface area contributed by atoms with Gasteiger partial charge < -0.3 is 15.4 Å². The van der Waals surface area contributed by atoms with Crippen LogP contribution in [0.25, 0.3) is 0 Å². The van der Waals surface area contributed by atoms with Crippen LogP contribution < -0.4 is 10.6 Å². The van der Waals surface area contributed by atoms with Gasteiger partial charge in [0.1, 0.15) is 0 Å². The highest BCUT2D eigenvalue weighted by Gasteiger charge is 2.28. The Morgan fingerprint density at radius 2 is 2.15 bits per heavy atom. The Balaban J connectivity index is 1.57. The topological polar surface area (TPSA) is 53.6 Å². The van der Waals surface area contributed by atoms with E-state index in [1.54, 1.807) is 7.11 Å². The van der Waals surface area contributed by atoms with E-state index in [1.165, 1.54) is 32.2 Å². The molecule has 20 heavy (non-hydrogen) atoms. The van der Waals surface area contributed by atoms with Crippen LogP contribution in [0, 0.1) is 5.92 Å². The highest BCUT2D eigenvalue weighted by Crippen LogP contribution is 2.25. The van der Waals surface area contributed by atoms with Crippen molar-refractivity contribution < 1.29 is 9.53 Å². The van der Waals surface area contributed by atoms with Crippen molar-refractivity contribution in [1.82, 2.24) is 15.5 Å². The number of rotatable bonds is 7. The standard InChI is InChI=1S/C15H29N3O2/c1-20-11-3-8-17-15(19)12-18-9-5-13(6-10-18)14-4-2-7-16-14/h13-14,16H,2-12H2,1H3,(H,17,19). The molecule has 0 saturated carbocycles. The van der Waals surface area contributed by atoms with Gasteiger partial charge >= 0.3 is 0 Å². The summed E-state index contributed by atoms with van der Waals surface area (Å²) in [7, 11) is 1.69. The van der Waals surface area contributed by atoms with E-state index in [-0.39, 0.29) is 5.91 Å². The molecule has 2 N–H and O–H groups in total. The molecule has 116 valence electrons. The molecule has 1 atom stereocenters. The Morgan fingerprint density at radius 3 is 2.80 bits per heavy atom. The van der Waals surface area contributed by atoms with Gasteiger partial charge in [-0.25, -0.2) is 0 Å². The molecule has 2 aliphatic heterocycles. The molecule has 5 nitrogen and oxygen atoms in total. The van der Waals surface area contributed by atoms with E-state index in [0.717, 1.165) is 38.0 Å². The van der Waals surface area contributed by atoms with E-state index < -0.39 is 0 Å². The molecule has 0 bridgehead atoms. The minimum absolute atomic E-state index is 0.151. The van der Waals surface area contributed by atoms with E-state index in [4.69, 9.17) is 4.74 Å². The van der Waals surface area contributed by atoms with Gasteiger partial charge in [-0.05, 0) is 57.7 Å². The highest BCUT2D eigenvalue weighted by atomic mass is 16.5. The number of methoxy groups -OCH3 is 1. The lowest BCUT2D eigenvalue weighted by molar-refractivity contribution is -0.122. The summed E-state index contributed by atoms with van der Waals surface area (Å²) in [6.45, 7) is 5.30. The van der Waals surface area contributed by atoms with Crippen molar-refractivity contribution in [3.8, 4) is 0 Å². The Hall–Kier alpha value is -0.650. The fourth-order valence-corrected chi connectivity index (χ4v) is 3.33. The van der Waals surface area contributed by atoms with Crippen LogP contribution in [0.4, 0.5) is 0 Å². The zero-order valence-corrected chi connectivity index (χ0v) is 12.7. The molecule has 0 aromatic heterocycles. The summed E-state index contributed by atoms with van der Waals surface area (Å²) in [5.74, 6) is 0.969. The second-order valence-electron chi connectivity index (χ2n) is 6.01. The molecule has 0 spiro atoms. The van der Waals surface area contributed by atoms with Crippen molar-refractivity contribution in [2.45, 2.75) is 38.1 Å². The van der Waals surface area contributed by atoms with E-state index >= 15 is 0 Å². The summed E-state index contributed by atoms with van der Waals surface area (Å²) in [6, 6.07) is 0.736. The van der Waals surface area contributed by atoms with Crippen molar-refractivity contribution in [2.75, 3.05) is 46.4 Å². The molecule has 2 rings (SSSR count). The quantitative estimate of drug-likeness (QED) is 0.672. The Labute approximate surface area is 122 Å². The minimum atomic E-state index is 0.151. The third-order valence-electron chi connectivity index (χ3n) is 4.51. The van der Waals surface area contributed by atoms with Gasteiger partial charge in [0, 0.05) is 26.3 Å². The zero-order chi connectivity index (χ0) is 14.2. The summed E-state index contributed by atoms with van der Waals surface area (Å²) in [4.78, 5) is 14.1. The normalized spacial score (nSPS) is 24.9. The molecule has 2 saturated heterocycles. The molecule has 0 aromatic rings. The van der Waals surface area contributed by atoms with Crippen molar-refractivity contribution in [3.63, 3.8) is 0 Å². The van der Waals surface area contributed by atoms with E-state index in [1.807, 2.05) is 0 Å². The molecule has 1 amide bonds. The Kier molecular flexibility index (Phi) is 6.76. The van der Waals surface area contributed by atoms with Crippen LogP contribution in [0.3, 0.4) is 0 Å². The number of likely N-dealkylation sites (tertiary alicyclic amines) is 1. The maximum Gasteiger partial charge on any atom is 0.234 e. The third kappa shape index (κ3) is 5.04. The van der Waals surface area contributed by atoms with Gasteiger partial charge in [-0.15, -0.1) is 0 Å². The third-order valence-corrected chi connectivity index (χ3v) is 4.51. The van der Waals surface area contributed by atoms with Gasteiger partial charge in [-0.3, -0.25) is 9.69 Å². The van der Waals surface area contributed by atoms with Gasteiger partial charge in [0.05, 0.1) is 6.54 Å². The molecule has 0 radical (unpaired) electrons. The van der Waals surface area contributed by atoms with Crippen LogP contribution in [0.15, 0.2) is 0 Å². The first kappa shape index (κ1) is 15.7. The molecular weight excluding hydrogens is 254 g/mol. The van der Waals surface area contributed by atoms with Gasteiger partial charge in [0.15, 0.2) is 0 Å². The lowest BCUT2D eigenvalue weighted by Crippen LogP contribution is -2.44. The van der Waals surface area contributed by atoms with Crippen LogP contribution >= 0.6 is 0 Å². The zero-order valence-electron chi connectivity index (χ0n) is 12.7. The number of nitrogens with one attached hydrogen (secondary N) is 2. The van der Waals surface area contributed by atoms with Crippen LogP contribution in [0.5, 0.6) is 0 Å². The number of amides is 1. The predicted octanol–water partition coefficient (Wildman–Crippen LogP) is 0.603. The number of piperidine rings is 1. The average molecular weight is 283 g/mol. The predicted molar refractivity (Wildman–Crippen MR) is 79.7 cm³/mol. The lowest BCUT2D eigenvalue weighted by atomic mass is 9.88. The number of carbonyl (C=O) groups excluding carboxylic acids is 1. The van der Waals surface area contributed by atoms with Crippen LogP contribution in [0.1, 0.15) is 32.1 Å². The number of carbonyl (C=O) groups is 1. The molecule has 0 aromatic carbocycles. The number of hydrogen-bond acceptors (Lipinski definition) is 4. The summed E-state index contributed by atoms with van der Waals surface area (Å²) in [6.07, 6.45) is 6.01. The van der Waals surface area contributed by atoms with E-state index in [9.17, 15) is 4.79 Å². The smallest absolute Gasteiger partial charge is 0.234 e. The Bertz CT molecular complexity index is 285. The summed E-state index contributed by atoms with van der Waals surface area (Å²) in [5, 5.41) is 6.57. The average Bonchev–Trinajstić information content (AvgIpc) is 2.99. The van der Waals surface area contributed by atoms with E-state index in [2.05, 4.69) is 15.5 Å². The van der Waals surface area contributed by atoms with Crippen molar-refractivity contribution in [3.05, 3.63) is 0 Å². The number of hydrogen-bond donors (Lipinski definition) is 2. The largest absolute Gasteiger partial charge is 0.385 e. The first-order chi connectivity index (χ1) is 9.79.